The van der Waals surface area contributed by atoms with Crippen LogP contribution in [-0.2, 0) is 0 Å². The van der Waals surface area contributed by atoms with Crippen LogP contribution in [0.1, 0.15) is 10.4 Å². The Morgan fingerprint density at radius 3 is 2.28 bits per heavy atom. The molecule has 18 heavy (non-hydrogen) atoms. The van der Waals surface area contributed by atoms with E-state index in [0.29, 0.717) is 11.3 Å². The number of hydrogen-bond acceptors (Lipinski definition) is 3. The number of amides is 1. The van der Waals surface area contributed by atoms with Crippen molar-refractivity contribution in [3.63, 3.8) is 0 Å². The number of benzene rings is 2. The summed E-state index contributed by atoms with van der Waals surface area (Å²) in [5.74, 6) is -0.535. The van der Waals surface area contributed by atoms with Crippen LogP contribution in [0.25, 0.3) is 0 Å². The maximum atomic E-state index is 11.2. The first-order valence-corrected chi connectivity index (χ1v) is 6.07. The molecule has 2 rings (SSSR count). The third-order valence-electron chi connectivity index (χ3n) is 2.45. The van der Waals surface area contributed by atoms with Gasteiger partial charge in [-0.25, -0.2) is 0 Å². The van der Waals surface area contributed by atoms with Gasteiger partial charge in [-0.05, 0) is 42.5 Å². The molecule has 0 fully saturated rings. The lowest BCUT2D eigenvalue weighted by molar-refractivity contribution is 0.100. The summed E-state index contributed by atoms with van der Waals surface area (Å²) < 4.78 is 1.00. The fourth-order valence-electron chi connectivity index (χ4n) is 1.55. The number of rotatable bonds is 3. The molecule has 0 bridgehead atoms. The molecule has 2 aromatic carbocycles. The zero-order chi connectivity index (χ0) is 13.1. The van der Waals surface area contributed by atoms with Gasteiger partial charge in [0.15, 0.2) is 0 Å². The van der Waals surface area contributed by atoms with Crippen molar-refractivity contribution < 1.29 is 4.79 Å². The summed E-state index contributed by atoms with van der Waals surface area (Å²) in [5.41, 5.74) is 13.3. The second-order valence-electron chi connectivity index (χ2n) is 3.80. The van der Waals surface area contributed by atoms with E-state index in [9.17, 15) is 4.79 Å². The molecule has 0 aliphatic carbocycles. The van der Waals surface area contributed by atoms with Gasteiger partial charge in [-0.3, -0.25) is 4.79 Å². The molecular weight excluding hydrogens is 294 g/mol. The van der Waals surface area contributed by atoms with Crippen LogP contribution < -0.4 is 16.8 Å². The summed E-state index contributed by atoms with van der Waals surface area (Å²) in [4.78, 5) is 11.2. The summed E-state index contributed by atoms with van der Waals surface area (Å²) in [5, 5.41) is 3.17. The van der Waals surface area contributed by atoms with E-state index in [1.165, 1.54) is 0 Å². The molecule has 0 aliphatic rings. The molecule has 0 saturated heterocycles. The van der Waals surface area contributed by atoms with Crippen LogP contribution in [0.5, 0.6) is 0 Å². The predicted octanol–water partition coefficient (Wildman–Crippen LogP) is 2.87. The first-order valence-electron chi connectivity index (χ1n) is 5.28. The minimum Gasteiger partial charge on any atom is -0.398 e. The lowest BCUT2D eigenvalue weighted by Gasteiger charge is -2.09. The Hall–Kier alpha value is -2.01. The first-order chi connectivity index (χ1) is 8.56. The molecule has 0 radical (unpaired) electrons. The lowest BCUT2D eigenvalue weighted by Crippen LogP contribution is -2.13. The Morgan fingerprint density at radius 1 is 1.06 bits per heavy atom. The van der Waals surface area contributed by atoms with E-state index in [1.807, 2.05) is 24.3 Å². The maximum Gasteiger partial charge on any atom is 0.250 e. The van der Waals surface area contributed by atoms with E-state index < -0.39 is 5.91 Å². The average molecular weight is 306 g/mol. The lowest BCUT2D eigenvalue weighted by atomic mass is 10.1. The summed E-state index contributed by atoms with van der Waals surface area (Å²) in [6, 6.07) is 12.8. The van der Waals surface area contributed by atoms with Crippen LogP contribution in [0.2, 0.25) is 0 Å². The Bertz CT molecular complexity index is 581. The van der Waals surface area contributed by atoms with Crippen LogP contribution in [0.3, 0.4) is 0 Å². The number of nitrogen functional groups attached to an aromatic ring is 1. The van der Waals surface area contributed by atoms with E-state index >= 15 is 0 Å². The van der Waals surface area contributed by atoms with Gasteiger partial charge < -0.3 is 16.8 Å². The average Bonchev–Trinajstić information content (AvgIpc) is 2.34. The largest absolute Gasteiger partial charge is 0.398 e. The first kappa shape index (κ1) is 12.4. The van der Waals surface area contributed by atoms with Crippen LogP contribution >= 0.6 is 15.9 Å². The SMILES string of the molecule is NC(=O)c1cc(Nc2ccc(Br)cc2)ccc1N. The molecule has 0 aromatic heterocycles. The fraction of sp³-hybridized carbons (Fsp3) is 0. The van der Waals surface area contributed by atoms with E-state index in [4.69, 9.17) is 11.5 Å². The van der Waals surface area contributed by atoms with Crippen molar-refractivity contribution in [3.05, 3.63) is 52.5 Å². The van der Waals surface area contributed by atoms with Crippen molar-refractivity contribution in [1.29, 1.82) is 0 Å². The highest BCUT2D eigenvalue weighted by Gasteiger charge is 2.06. The quantitative estimate of drug-likeness (QED) is 0.763. The molecule has 0 atom stereocenters. The van der Waals surface area contributed by atoms with Gasteiger partial charge in [-0.2, -0.15) is 0 Å². The van der Waals surface area contributed by atoms with Gasteiger partial charge in [0.05, 0.1) is 5.56 Å². The van der Waals surface area contributed by atoms with Crippen LogP contribution in [0.4, 0.5) is 17.1 Å². The van der Waals surface area contributed by atoms with E-state index in [0.717, 1.165) is 15.8 Å². The van der Waals surface area contributed by atoms with Crippen LogP contribution in [0, 0.1) is 0 Å². The van der Waals surface area contributed by atoms with Gasteiger partial charge in [-0.1, -0.05) is 15.9 Å². The van der Waals surface area contributed by atoms with Gasteiger partial charge in [0.2, 0.25) is 0 Å². The summed E-state index contributed by atoms with van der Waals surface area (Å²) in [7, 11) is 0. The number of nitrogens with one attached hydrogen (secondary N) is 1. The smallest absolute Gasteiger partial charge is 0.250 e. The summed E-state index contributed by atoms with van der Waals surface area (Å²) in [6.07, 6.45) is 0. The maximum absolute atomic E-state index is 11.2. The third kappa shape index (κ3) is 2.81. The molecular formula is C13H12BrN3O. The Labute approximate surface area is 113 Å². The fourth-order valence-corrected chi connectivity index (χ4v) is 1.81. The zero-order valence-corrected chi connectivity index (χ0v) is 11.1. The van der Waals surface area contributed by atoms with Gasteiger partial charge in [0.25, 0.3) is 5.91 Å². The Morgan fingerprint density at radius 2 is 1.67 bits per heavy atom. The summed E-state index contributed by atoms with van der Waals surface area (Å²) in [6.45, 7) is 0. The molecule has 0 heterocycles. The van der Waals surface area contributed by atoms with Crippen molar-refractivity contribution in [3.8, 4) is 0 Å². The molecule has 0 saturated carbocycles. The minimum absolute atomic E-state index is 0.317. The number of hydrogen-bond donors (Lipinski definition) is 3. The molecule has 4 nitrogen and oxygen atoms in total. The third-order valence-corrected chi connectivity index (χ3v) is 2.98. The molecule has 5 heteroatoms. The number of anilines is 3. The normalized spacial score (nSPS) is 10.1. The second kappa shape index (κ2) is 5.10. The number of nitrogens with two attached hydrogens (primary N) is 2. The number of primary amides is 1. The number of halogens is 1. The van der Waals surface area contributed by atoms with Gasteiger partial charge >= 0.3 is 0 Å². The molecule has 0 aliphatic heterocycles. The van der Waals surface area contributed by atoms with Gasteiger partial charge in [0, 0.05) is 21.5 Å². The van der Waals surface area contributed by atoms with E-state index in [-0.39, 0.29) is 0 Å². The minimum atomic E-state index is -0.535. The van der Waals surface area contributed by atoms with Crippen molar-refractivity contribution >= 4 is 38.9 Å². The number of carbonyl (C=O) groups is 1. The summed E-state index contributed by atoms with van der Waals surface area (Å²) >= 11 is 3.37. The molecule has 0 unspecified atom stereocenters. The molecule has 0 spiro atoms. The van der Waals surface area contributed by atoms with Crippen molar-refractivity contribution in [2.45, 2.75) is 0 Å². The van der Waals surface area contributed by atoms with Gasteiger partial charge in [0.1, 0.15) is 0 Å². The van der Waals surface area contributed by atoms with E-state index in [1.54, 1.807) is 18.2 Å². The molecule has 1 amide bonds. The van der Waals surface area contributed by atoms with Crippen LogP contribution in [0.15, 0.2) is 46.9 Å². The van der Waals surface area contributed by atoms with E-state index in [2.05, 4.69) is 21.2 Å². The molecule has 2 aromatic rings. The van der Waals surface area contributed by atoms with Crippen molar-refractivity contribution in [2.75, 3.05) is 11.1 Å². The van der Waals surface area contributed by atoms with Crippen molar-refractivity contribution in [2.24, 2.45) is 5.73 Å². The monoisotopic (exact) mass is 305 g/mol. The van der Waals surface area contributed by atoms with Gasteiger partial charge in [-0.15, -0.1) is 0 Å². The highest BCUT2D eigenvalue weighted by atomic mass is 79.9. The number of carbonyl (C=O) groups excluding carboxylic acids is 1. The van der Waals surface area contributed by atoms with Crippen molar-refractivity contribution in [1.82, 2.24) is 0 Å². The molecule has 5 N–H and O–H groups in total. The van der Waals surface area contributed by atoms with Crippen LogP contribution in [-0.4, -0.2) is 5.91 Å². The zero-order valence-electron chi connectivity index (χ0n) is 9.48. The molecule has 92 valence electrons. The topological polar surface area (TPSA) is 81.1 Å². The second-order valence-corrected chi connectivity index (χ2v) is 4.71. The highest BCUT2D eigenvalue weighted by molar-refractivity contribution is 9.10. The predicted molar refractivity (Wildman–Crippen MR) is 76.8 cm³/mol. The standard InChI is InChI=1S/C13H12BrN3O/c14-8-1-3-9(4-2-8)17-10-5-6-12(15)11(7-10)13(16)18/h1-7,17H,15H2,(H2,16,18). The highest BCUT2D eigenvalue weighted by Crippen LogP contribution is 2.22. The Kier molecular flexibility index (Phi) is 3.53. The Balaban J connectivity index is 2.27.